The van der Waals surface area contributed by atoms with E-state index in [-0.39, 0.29) is 11.8 Å². The van der Waals surface area contributed by atoms with Crippen LogP contribution in [0.5, 0.6) is 5.75 Å². The van der Waals surface area contributed by atoms with E-state index in [2.05, 4.69) is 15.9 Å². The summed E-state index contributed by atoms with van der Waals surface area (Å²) in [4.78, 5) is 29.4. The van der Waals surface area contributed by atoms with Gasteiger partial charge in [0.05, 0.1) is 7.11 Å². The van der Waals surface area contributed by atoms with E-state index >= 15 is 0 Å². The molecule has 30 heavy (non-hydrogen) atoms. The highest BCUT2D eigenvalue weighted by Gasteiger charge is 2.29. The molecule has 2 heterocycles. The molecular formula is C23H23BrN2O4. The Morgan fingerprint density at radius 1 is 0.967 bits per heavy atom. The average molecular weight is 471 g/mol. The summed E-state index contributed by atoms with van der Waals surface area (Å²) in [5, 5.41) is 0.926. The first-order chi connectivity index (χ1) is 14.4. The highest BCUT2D eigenvalue weighted by Crippen LogP contribution is 2.29. The summed E-state index contributed by atoms with van der Waals surface area (Å²) in [5.41, 5.74) is 3.11. The van der Waals surface area contributed by atoms with Gasteiger partial charge < -0.3 is 19.0 Å². The van der Waals surface area contributed by atoms with E-state index in [1.807, 2.05) is 44.2 Å². The predicted molar refractivity (Wildman–Crippen MR) is 118 cm³/mol. The molecule has 2 aromatic carbocycles. The van der Waals surface area contributed by atoms with Crippen molar-refractivity contribution < 1.29 is 18.7 Å². The van der Waals surface area contributed by atoms with Gasteiger partial charge in [0.1, 0.15) is 11.3 Å². The van der Waals surface area contributed by atoms with Crippen molar-refractivity contribution in [2.75, 3.05) is 33.3 Å². The van der Waals surface area contributed by atoms with Crippen LogP contribution in [-0.4, -0.2) is 54.9 Å². The maximum atomic E-state index is 13.0. The van der Waals surface area contributed by atoms with E-state index in [1.54, 1.807) is 23.0 Å². The van der Waals surface area contributed by atoms with Crippen molar-refractivity contribution in [2.24, 2.45) is 0 Å². The van der Waals surface area contributed by atoms with Crippen LogP contribution in [-0.2, 0) is 0 Å². The lowest BCUT2D eigenvalue weighted by atomic mass is 10.1. The Morgan fingerprint density at radius 3 is 2.30 bits per heavy atom. The molecule has 2 amide bonds. The lowest BCUT2D eigenvalue weighted by molar-refractivity contribution is 0.0518. The minimum Gasteiger partial charge on any atom is -0.496 e. The van der Waals surface area contributed by atoms with Crippen LogP contribution in [0.1, 0.15) is 32.0 Å². The van der Waals surface area contributed by atoms with Gasteiger partial charge in [0.2, 0.25) is 0 Å². The number of piperazine rings is 1. The summed E-state index contributed by atoms with van der Waals surface area (Å²) in [7, 11) is 1.60. The largest absolute Gasteiger partial charge is 0.496 e. The summed E-state index contributed by atoms with van der Waals surface area (Å²) < 4.78 is 12.1. The second-order valence-electron chi connectivity index (χ2n) is 7.47. The molecule has 0 N–H and O–H groups in total. The van der Waals surface area contributed by atoms with Crippen LogP contribution in [0, 0.1) is 13.8 Å². The smallest absolute Gasteiger partial charge is 0.290 e. The van der Waals surface area contributed by atoms with Crippen LogP contribution >= 0.6 is 15.9 Å². The Morgan fingerprint density at radius 2 is 1.63 bits per heavy atom. The van der Waals surface area contributed by atoms with Crippen molar-refractivity contribution in [1.82, 2.24) is 9.80 Å². The number of halogens is 1. The Hall–Kier alpha value is -2.80. The molecule has 1 saturated heterocycles. The van der Waals surface area contributed by atoms with Gasteiger partial charge in [-0.1, -0.05) is 22.0 Å². The van der Waals surface area contributed by atoms with E-state index in [1.165, 1.54) is 0 Å². The highest BCUT2D eigenvalue weighted by atomic mass is 79.9. The Balaban J connectivity index is 1.46. The third kappa shape index (κ3) is 3.69. The van der Waals surface area contributed by atoms with E-state index in [0.717, 1.165) is 21.0 Å². The summed E-state index contributed by atoms with van der Waals surface area (Å²) in [6.07, 6.45) is 0. The van der Waals surface area contributed by atoms with Gasteiger partial charge in [-0.2, -0.15) is 0 Å². The normalized spacial score (nSPS) is 14.3. The Labute approximate surface area is 183 Å². The van der Waals surface area contributed by atoms with Gasteiger partial charge >= 0.3 is 0 Å². The van der Waals surface area contributed by atoms with Crippen molar-refractivity contribution in [1.29, 1.82) is 0 Å². The van der Waals surface area contributed by atoms with Crippen LogP contribution in [0.25, 0.3) is 11.0 Å². The number of hydrogen-bond donors (Lipinski definition) is 0. The zero-order valence-corrected chi connectivity index (χ0v) is 18.8. The molecule has 1 aliphatic rings. The van der Waals surface area contributed by atoms with Crippen LogP contribution in [0.2, 0.25) is 0 Å². The number of aryl methyl sites for hydroxylation is 2. The van der Waals surface area contributed by atoms with Gasteiger partial charge in [-0.25, -0.2) is 0 Å². The lowest BCUT2D eigenvalue weighted by Crippen LogP contribution is -2.50. The molecule has 4 rings (SSSR count). The number of methoxy groups -OCH3 is 1. The number of benzene rings is 2. The quantitative estimate of drug-likeness (QED) is 0.568. The van der Waals surface area contributed by atoms with Crippen molar-refractivity contribution in [2.45, 2.75) is 13.8 Å². The number of amides is 2. The maximum Gasteiger partial charge on any atom is 0.290 e. The number of carbonyl (C=O) groups is 2. The number of carbonyl (C=O) groups excluding carboxylic acids is 2. The molecule has 3 aromatic rings. The number of fused-ring (bicyclic) bond motifs is 1. The average Bonchev–Trinajstić information content (AvgIpc) is 3.09. The van der Waals surface area contributed by atoms with Crippen molar-refractivity contribution >= 4 is 38.7 Å². The molecule has 6 nitrogen and oxygen atoms in total. The molecule has 1 aromatic heterocycles. The third-order valence-electron chi connectivity index (χ3n) is 5.60. The highest BCUT2D eigenvalue weighted by molar-refractivity contribution is 9.10. The molecule has 156 valence electrons. The Kier molecular flexibility index (Phi) is 5.56. The van der Waals surface area contributed by atoms with E-state index in [0.29, 0.717) is 48.8 Å². The summed E-state index contributed by atoms with van der Waals surface area (Å²) in [6, 6.07) is 11.2. The Bertz CT molecular complexity index is 1130. The van der Waals surface area contributed by atoms with Gasteiger partial charge in [-0.15, -0.1) is 0 Å². The molecule has 0 unspecified atom stereocenters. The molecule has 1 fully saturated rings. The first kappa shape index (κ1) is 20.5. The molecule has 0 spiro atoms. The van der Waals surface area contributed by atoms with Gasteiger partial charge in [-0.05, 0) is 49.7 Å². The lowest BCUT2D eigenvalue weighted by Gasteiger charge is -2.34. The van der Waals surface area contributed by atoms with E-state index in [9.17, 15) is 9.59 Å². The van der Waals surface area contributed by atoms with Crippen molar-refractivity contribution in [3.63, 3.8) is 0 Å². The minimum atomic E-state index is -0.135. The fourth-order valence-corrected chi connectivity index (χ4v) is 4.15. The molecule has 0 aliphatic carbocycles. The second-order valence-corrected chi connectivity index (χ2v) is 8.38. The van der Waals surface area contributed by atoms with Crippen LogP contribution in [0.4, 0.5) is 0 Å². The van der Waals surface area contributed by atoms with Gasteiger partial charge in [0.25, 0.3) is 11.8 Å². The van der Waals surface area contributed by atoms with Crippen molar-refractivity contribution in [3.8, 4) is 5.75 Å². The standard InChI is InChI=1S/C23H23BrN2O4/c1-14-4-5-16(12-20(14)29-3)22(27)25-8-10-26(11-9-25)23(28)21-15(2)18-13-17(24)6-7-19(18)30-21/h4-7,12-13H,8-11H2,1-3H3. The zero-order chi connectivity index (χ0) is 21.4. The fraction of sp³-hybridized carbons (Fsp3) is 0.304. The molecule has 0 radical (unpaired) electrons. The van der Waals surface area contributed by atoms with Crippen LogP contribution in [0.15, 0.2) is 45.3 Å². The van der Waals surface area contributed by atoms with Crippen LogP contribution in [0.3, 0.4) is 0 Å². The SMILES string of the molecule is COc1cc(C(=O)N2CCN(C(=O)c3oc4ccc(Br)cc4c3C)CC2)ccc1C. The minimum absolute atomic E-state index is 0.0508. The maximum absolute atomic E-state index is 13.0. The van der Waals surface area contributed by atoms with Gasteiger partial charge in [0, 0.05) is 47.2 Å². The number of nitrogens with zero attached hydrogens (tertiary/aromatic N) is 2. The number of hydrogen-bond acceptors (Lipinski definition) is 4. The summed E-state index contributed by atoms with van der Waals surface area (Å²) >= 11 is 3.46. The predicted octanol–water partition coefficient (Wildman–Crippen LogP) is 4.42. The third-order valence-corrected chi connectivity index (χ3v) is 6.09. The second kappa shape index (κ2) is 8.14. The summed E-state index contributed by atoms with van der Waals surface area (Å²) in [5.74, 6) is 0.877. The molecule has 0 bridgehead atoms. The number of ether oxygens (including phenoxy) is 1. The van der Waals surface area contributed by atoms with Gasteiger partial charge in [0.15, 0.2) is 5.76 Å². The van der Waals surface area contributed by atoms with E-state index < -0.39 is 0 Å². The molecule has 0 saturated carbocycles. The monoisotopic (exact) mass is 470 g/mol. The molecule has 1 aliphatic heterocycles. The number of rotatable bonds is 3. The van der Waals surface area contributed by atoms with Crippen molar-refractivity contribution in [3.05, 3.63) is 63.3 Å². The van der Waals surface area contributed by atoms with E-state index in [4.69, 9.17) is 9.15 Å². The first-order valence-corrected chi connectivity index (χ1v) is 10.6. The zero-order valence-electron chi connectivity index (χ0n) is 17.2. The van der Waals surface area contributed by atoms with Crippen LogP contribution < -0.4 is 4.74 Å². The molecule has 7 heteroatoms. The molecule has 0 atom stereocenters. The first-order valence-electron chi connectivity index (χ1n) is 9.81. The number of furan rings is 1. The topological polar surface area (TPSA) is 63.0 Å². The fourth-order valence-electron chi connectivity index (χ4n) is 3.79. The summed E-state index contributed by atoms with van der Waals surface area (Å²) in [6.45, 7) is 5.73. The van der Waals surface area contributed by atoms with Gasteiger partial charge in [-0.3, -0.25) is 9.59 Å². The molecular weight excluding hydrogens is 448 g/mol.